The highest BCUT2D eigenvalue weighted by Crippen LogP contribution is 2.61. The Morgan fingerprint density at radius 1 is 1.11 bits per heavy atom. The fourth-order valence-corrected chi connectivity index (χ4v) is 5.31. The Morgan fingerprint density at radius 2 is 1.58 bits per heavy atom. The molecule has 0 heterocycles. The molecule has 4 heteroatoms. The van der Waals surface area contributed by atoms with E-state index in [1.54, 1.807) is 0 Å². The fourth-order valence-electron chi connectivity index (χ4n) is 5.31. The standard InChI is InChI=1S/C15H23NO3/c1-9(17)16-13(14(18)19-2)15-6-10-3-11(7-15)5-12(4-10)8-15/h10-13H,3-8H2,1-2H3,(H,16,17)/t10?,11?,12?,13-,15?/m1/s1. The van der Waals surface area contributed by atoms with Gasteiger partial charge >= 0.3 is 5.97 Å². The summed E-state index contributed by atoms with van der Waals surface area (Å²) in [7, 11) is 1.41. The van der Waals surface area contributed by atoms with Gasteiger partial charge in [0.1, 0.15) is 6.04 Å². The SMILES string of the molecule is COC(=O)[C@@H](NC(C)=O)C12CC3CC(CC(C3)C1)C2. The van der Waals surface area contributed by atoms with Crippen molar-refractivity contribution >= 4 is 11.9 Å². The number of esters is 1. The molecule has 0 unspecified atom stereocenters. The van der Waals surface area contributed by atoms with E-state index in [1.165, 1.54) is 33.3 Å². The summed E-state index contributed by atoms with van der Waals surface area (Å²) in [4.78, 5) is 23.6. The molecular formula is C15H23NO3. The summed E-state index contributed by atoms with van der Waals surface area (Å²) in [5.74, 6) is 1.87. The first-order chi connectivity index (χ1) is 9.02. The molecule has 4 rings (SSSR count). The van der Waals surface area contributed by atoms with Crippen LogP contribution in [0.25, 0.3) is 0 Å². The molecule has 106 valence electrons. The van der Waals surface area contributed by atoms with Gasteiger partial charge in [0.15, 0.2) is 0 Å². The second-order valence-corrected chi connectivity index (χ2v) is 6.94. The van der Waals surface area contributed by atoms with Crippen molar-refractivity contribution in [3.63, 3.8) is 0 Å². The number of amides is 1. The number of carbonyl (C=O) groups excluding carboxylic acids is 2. The lowest BCUT2D eigenvalue weighted by molar-refractivity contribution is -0.157. The third kappa shape index (κ3) is 2.15. The van der Waals surface area contributed by atoms with Crippen LogP contribution in [0, 0.1) is 23.2 Å². The van der Waals surface area contributed by atoms with Crippen LogP contribution in [0.3, 0.4) is 0 Å². The lowest BCUT2D eigenvalue weighted by atomic mass is 9.47. The number of rotatable bonds is 3. The zero-order valence-corrected chi connectivity index (χ0v) is 11.8. The first-order valence-electron chi connectivity index (χ1n) is 7.37. The molecule has 0 saturated heterocycles. The summed E-state index contributed by atoms with van der Waals surface area (Å²) in [5, 5.41) is 2.87. The van der Waals surface area contributed by atoms with Crippen LogP contribution in [0.15, 0.2) is 0 Å². The maximum atomic E-state index is 12.1. The van der Waals surface area contributed by atoms with Gasteiger partial charge in [0.05, 0.1) is 7.11 Å². The monoisotopic (exact) mass is 265 g/mol. The van der Waals surface area contributed by atoms with Gasteiger partial charge in [-0.25, -0.2) is 4.79 Å². The van der Waals surface area contributed by atoms with Crippen molar-refractivity contribution in [2.45, 2.75) is 51.5 Å². The van der Waals surface area contributed by atoms with E-state index in [0.29, 0.717) is 0 Å². The van der Waals surface area contributed by atoms with Crippen LogP contribution in [0.5, 0.6) is 0 Å². The van der Waals surface area contributed by atoms with Crippen molar-refractivity contribution in [2.24, 2.45) is 23.2 Å². The van der Waals surface area contributed by atoms with Gasteiger partial charge in [0.2, 0.25) is 5.91 Å². The van der Waals surface area contributed by atoms with Crippen molar-refractivity contribution < 1.29 is 14.3 Å². The van der Waals surface area contributed by atoms with Gasteiger partial charge in [-0.15, -0.1) is 0 Å². The minimum atomic E-state index is -0.441. The van der Waals surface area contributed by atoms with Gasteiger partial charge in [-0.05, 0) is 56.3 Å². The fraction of sp³-hybridized carbons (Fsp3) is 0.867. The van der Waals surface area contributed by atoms with E-state index in [2.05, 4.69) is 5.32 Å². The smallest absolute Gasteiger partial charge is 0.328 e. The predicted molar refractivity (Wildman–Crippen MR) is 70.2 cm³/mol. The van der Waals surface area contributed by atoms with Crippen LogP contribution < -0.4 is 5.32 Å². The Hall–Kier alpha value is -1.06. The number of ether oxygens (including phenoxy) is 1. The molecule has 0 spiro atoms. The molecule has 1 N–H and O–H groups in total. The quantitative estimate of drug-likeness (QED) is 0.793. The number of methoxy groups -OCH3 is 1. The Morgan fingerprint density at radius 3 is 1.95 bits per heavy atom. The topological polar surface area (TPSA) is 55.4 Å². The maximum absolute atomic E-state index is 12.1. The Labute approximate surface area is 114 Å². The minimum Gasteiger partial charge on any atom is -0.467 e. The second kappa shape index (κ2) is 4.50. The Balaban J connectivity index is 1.88. The van der Waals surface area contributed by atoms with Gasteiger partial charge < -0.3 is 10.1 Å². The molecule has 4 saturated carbocycles. The lowest BCUT2D eigenvalue weighted by Crippen LogP contribution is -2.59. The van der Waals surface area contributed by atoms with Gasteiger partial charge in [0, 0.05) is 12.3 Å². The first kappa shape index (κ1) is 12.9. The van der Waals surface area contributed by atoms with E-state index < -0.39 is 6.04 Å². The molecule has 0 radical (unpaired) electrons. The minimum absolute atomic E-state index is 0.0342. The second-order valence-electron chi connectivity index (χ2n) is 6.94. The molecule has 1 amide bonds. The first-order valence-corrected chi connectivity index (χ1v) is 7.37. The molecule has 4 bridgehead atoms. The predicted octanol–water partition coefficient (Wildman–Crippen LogP) is 1.88. The molecule has 0 aromatic rings. The van der Waals surface area contributed by atoms with Crippen LogP contribution in [0.2, 0.25) is 0 Å². The highest BCUT2D eigenvalue weighted by atomic mass is 16.5. The summed E-state index contributed by atoms with van der Waals surface area (Å²) in [6, 6.07) is -0.441. The van der Waals surface area contributed by atoms with Gasteiger partial charge in [0.25, 0.3) is 0 Å². The van der Waals surface area contributed by atoms with E-state index >= 15 is 0 Å². The summed E-state index contributed by atoms with van der Waals surface area (Å²) in [6.45, 7) is 1.48. The summed E-state index contributed by atoms with van der Waals surface area (Å²) in [6.07, 6.45) is 7.23. The van der Waals surface area contributed by atoms with Crippen molar-refractivity contribution in [1.29, 1.82) is 0 Å². The van der Waals surface area contributed by atoms with Gasteiger partial charge in [-0.1, -0.05) is 0 Å². The zero-order valence-electron chi connectivity index (χ0n) is 11.8. The number of nitrogens with one attached hydrogen (secondary N) is 1. The van der Waals surface area contributed by atoms with Crippen molar-refractivity contribution in [3.05, 3.63) is 0 Å². The van der Waals surface area contributed by atoms with Crippen molar-refractivity contribution in [2.75, 3.05) is 7.11 Å². The van der Waals surface area contributed by atoms with Gasteiger partial charge in [-0.2, -0.15) is 0 Å². The third-order valence-electron chi connectivity index (χ3n) is 5.48. The maximum Gasteiger partial charge on any atom is 0.328 e. The van der Waals surface area contributed by atoms with E-state index in [-0.39, 0.29) is 17.3 Å². The molecule has 19 heavy (non-hydrogen) atoms. The van der Waals surface area contributed by atoms with Crippen LogP contribution in [-0.2, 0) is 14.3 Å². The molecular weight excluding hydrogens is 242 g/mol. The lowest BCUT2D eigenvalue weighted by Gasteiger charge is -2.58. The molecule has 4 aliphatic carbocycles. The number of carbonyl (C=O) groups is 2. The molecule has 4 fully saturated rings. The Bertz CT molecular complexity index is 369. The highest BCUT2D eigenvalue weighted by molar-refractivity contribution is 5.84. The van der Waals surface area contributed by atoms with Crippen LogP contribution >= 0.6 is 0 Å². The van der Waals surface area contributed by atoms with E-state index in [1.807, 2.05) is 0 Å². The molecule has 4 aliphatic rings. The summed E-state index contributed by atoms with van der Waals surface area (Å²) < 4.78 is 4.95. The molecule has 0 aromatic carbocycles. The Kier molecular flexibility index (Phi) is 3.06. The highest BCUT2D eigenvalue weighted by Gasteiger charge is 2.56. The van der Waals surface area contributed by atoms with E-state index in [4.69, 9.17) is 4.74 Å². The molecule has 1 atom stereocenters. The summed E-state index contributed by atoms with van der Waals surface area (Å²) in [5.41, 5.74) is -0.0342. The normalized spacial score (nSPS) is 40.8. The van der Waals surface area contributed by atoms with Crippen LogP contribution in [-0.4, -0.2) is 25.0 Å². The average Bonchev–Trinajstić information content (AvgIpc) is 2.33. The van der Waals surface area contributed by atoms with E-state index in [9.17, 15) is 9.59 Å². The van der Waals surface area contributed by atoms with Crippen LogP contribution in [0.1, 0.15) is 45.4 Å². The summed E-state index contributed by atoms with van der Waals surface area (Å²) >= 11 is 0. The largest absolute Gasteiger partial charge is 0.467 e. The average molecular weight is 265 g/mol. The zero-order chi connectivity index (χ0) is 13.6. The van der Waals surface area contributed by atoms with Gasteiger partial charge in [-0.3, -0.25) is 4.79 Å². The van der Waals surface area contributed by atoms with E-state index in [0.717, 1.165) is 37.0 Å². The van der Waals surface area contributed by atoms with Crippen molar-refractivity contribution in [1.82, 2.24) is 5.32 Å². The number of hydrogen-bond acceptors (Lipinski definition) is 3. The third-order valence-corrected chi connectivity index (χ3v) is 5.48. The molecule has 4 nitrogen and oxygen atoms in total. The molecule has 0 aliphatic heterocycles. The van der Waals surface area contributed by atoms with Crippen molar-refractivity contribution in [3.8, 4) is 0 Å². The molecule has 0 aromatic heterocycles. The number of hydrogen-bond donors (Lipinski definition) is 1. The van der Waals surface area contributed by atoms with Crippen LogP contribution in [0.4, 0.5) is 0 Å².